The number of nitrogen functional groups attached to an aromatic ring is 1. The zero-order chi connectivity index (χ0) is 23.2. The number of pyridine rings is 3. The number of nitrogens with two attached hydrogens (primary N) is 1. The van der Waals surface area contributed by atoms with E-state index in [1.807, 2.05) is 30.3 Å². The number of rotatable bonds is 5. The van der Waals surface area contributed by atoms with Crippen LogP contribution in [0.15, 0.2) is 55.0 Å². The van der Waals surface area contributed by atoms with Crippen molar-refractivity contribution in [2.75, 3.05) is 25.1 Å². The highest BCUT2D eigenvalue weighted by Gasteiger charge is 2.49. The fourth-order valence-corrected chi connectivity index (χ4v) is 5.04. The third kappa shape index (κ3) is 3.59. The first-order chi connectivity index (χ1) is 15.8. The molecule has 1 fully saturated rings. The summed E-state index contributed by atoms with van der Waals surface area (Å²) in [6.45, 7) is 0.394. The second kappa shape index (κ2) is 7.61. The molecule has 10 nitrogen and oxygen atoms in total. The molecule has 0 radical (unpaired) electrons. The van der Waals surface area contributed by atoms with E-state index in [4.69, 9.17) is 15.8 Å². The fourth-order valence-electron chi connectivity index (χ4n) is 4.09. The van der Waals surface area contributed by atoms with Crippen LogP contribution >= 0.6 is 0 Å². The number of nitrogens with zero attached hydrogens (tertiary/aromatic N) is 7. The second-order valence-corrected chi connectivity index (χ2v) is 10.1. The topological polar surface area (TPSA) is 144 Å². The average molecular weight is 461 g/mol. The lowest BCUT2D eigenvalue weighted by molar-refractivity contribution is 0.0726. The maximum atomic E-state index is 11.9. The third-order valence-electron chi connectivity index (χ3n) is 5.85. The van der Waals surface area contributed by atoms with Gasteiger partial charge in [0.05, 0.1) is 30.0 Å². The highest BCUT2D eigenvalue weighted by Crippen LogP contribution is 2.36. The van der Waals surface area contributed by atoms with Crippen LogP contribution in [0.3, 0.4) is 0 Å². The van der Waals surface area contributed by atoms with Crippen LogP contribution in [0.4, 0.5) is 5.82 Å². The molecule has 4 aromatic rings. The van der Waals surface area contributed by atoms with Gasteiger partial charge in [0.15, 0.2) is 0 Å². The molecule has 0 amide bonds. The maximum Gasteiger partial charge on any atom is 0.211 e. The van der Waals surface area contributed by atoms with E-state index in [1.54, 1.807) is 29.3 Å². The van der Waals surface area contributed by atoms with Crippen LogP contribution in [-0.2, 0) is 15.6 Å². The predicted molar refractivity (Wildman–Crippen MR) is 123 cm³/mol. The van der Waals surface area contributed by atoms with Gasteiger partial charge in [-0.25, -0.2) is 18.4 Å². The molecular weight excluding hydrogens is 440 g/mol. The first-order valence-corrected chi connectivity index (χ1v) is 12.0. The van der Waals surface area contributed by atoms with Crippen molar-refractivity contribution in [3.05, 3.63) is 55.0 Å². The highest BCUT2D eigenvalue weighted by molar-refractivity contribution is 7.88. The summed E-state index contributed by atoms with van der Waals surface area (Å²) in [5.74, 6) is 0.361. The SMILES string of the molecule is CS(=O)(=O)N1CC(CC#N)(n2ccc(-c3nc(-c4cccnc4N)cc4ncccc34)n2)C1. The van der Waals surface area contributed by atoms with Crippen molar-refractivity contribution in [1.82, 2.24) is 29.0 Å². The van der Waals surface area contributed by atoms with Gasteiger partial charge >= 0.3 is 0 Å². The summed E-state index contributed by atoms with van der Waals surface area (Å²) in [4.78, 5) is 13.5. The summed E-state index contributed by atoms with van der Waals surface area (Å²) in [6.07, 6.45) is 6.39. The molecule has 11 heteroatoms. The molecule has 0 aromatic carbocycles. The Morgan fingerprint density at radius 2 is 1.91 bits per heavy atom. The van der Waals surface area contributed by atoms with E-state index in [1.165, 1.54) is 4.31 Å². The third-order valence-corrected chi connectivity index (χ3v) is 7.05. The molecule has 0 atom stereocenters. The monoisotopic (exact) mass is 460 g/mol. The predicted octanol–water partition coefficient (Wildman–Crippen LogP) is 2.02. The highest BCUT2D eigenvalue weighted by atomic mass is 32.2. The molecular formula is C22H20N8O2S. The summed E-state index contributed by atoms with van der Waals surface area (Å²) in [5.41, 5.74) is 8.61. The number of sulfonamides is 1. The molecule has 1 aliphatic heterocycles. The van der Waals surface area contributed by atoms with E-state index in [2.05, 4.69) is 16.0 Å². The minimum absolute atomic E-state index is 0.141. The molecule has 0 bridgehead atoms. The average Bonchev–Trinajstić information content (AvgIpc) is 3.25. The molecule has 4 aromatic heterocycles. The van der Waals surface area contributed by atoms with Crippen molar-refractivity contribution in [2.45, 2.75) is 12.0 Å². The van der Waals surface area contributed by atoms with Gasteiger partial charge in [-0.05, 0) is 36.4 Å². The van der Waals surface area contributed by atoms with Gasteiger partial charge < -0.3 is 5.73 Å². The molecule has 1 saturated heterocycles. The summed E-state index contributed by atoms with van der Waals surface area (Å²) < 4.78 is 26.8. The molecule has 5 heterocycles. The largest absolute Gasteiger partial charge is 0.383 e. The summed E-state index contributed by atoms with van der Waals surface area (Å²) in [7, 11) is -3.33. The van der Waals surface area contributed by atoms with Crippen molar-refractivity contribution in [1.29, 1.82) is 5.26 Å². The Bertz CT molecular complexity index is 1520. The summed E-state index contributed by atoms with van der Waals surface area (Å²) in [5, 5.41) is 14.9. The lowest BCUT2D eigenvalue weighted by atomic mass is 9.89. The lowest BCUT2D eigenvalue weighted by Gasteiger charge is -2.47. The van der Waals surface area contributed by atoms with Crippen LogP contribution in [0.25, 0.3) is 33.5 Å². The Labute approximate surface area is 190 Å². The van der Waals surface area contributed by atoms with E-state index in [9.17, 15) is 13.7 Å². The quantitative estimate of drug-likeness (QED) is 0.476. The normalized spacial score (nSPS) is 15.8. The Morgan fingerprint density at radius 1 is 1.15 bits per heavy atom. The van der Waals surface area contributed by atoms with E-state index < -0.39 is 15.6 Å². The number of hydrogen-bond acceptors (Lipinski definition) is 8. The Morgan fingerprint density at radius 3 is 2.64 bits per heavy atom. The van der Waals surface area contributed by atoms with Crippen LogP contribution in [0.2, 0.25) is 0 Å². The molecule has 0 unspecified atom stereocenters. The summed E-state index contributed by atoms with van der Waals surface area (Å²) >= 11 is 0. The van der Waals surface area contributed by atoms with Crippen molar-refractivity contribution in [2.24, 2.45) is 0 Å². The van der Waals surface area contributed by atoms with Gasteiger partial charge in [-0.15, -0.1) is 0 Å². The van der Waals surface area contributed by atoms with E-state index in [-0.39, 0.29) is 19.5 Å². The smallest absolute Gasteiger partial charge is 0.211 e. The lowest BCUT2D eigenvalue weighted by Crippen LogP contribution is -2.63. The maximum absolute atomic E-state index is 11.9. The van der Waals surface area contributed by atoms with Gasteiger partial charge in [-0.2, -0.15) is 14.7 Å². The zero-order valence-electron chi connectivity index (χ0n) is 17.8. The van der Waals surface area contributed by atoms with Gasteiger partial charge in [0.2, 0.25) is 10.0 Å². The van der Waals surface area contributed by atoms with Gasteiger partial charge in [0.25, 0.3) is 0 Å². The van der Waals surface area contributed by atoms with Crippen LogP contribution in [0.5, 0.6) is 0 Å². The van der Waals surface area contributed by atoms with Crippen molar-refractivity contribution in [3.8, 4) is 28.7 Å². The van der Waals surface area contributed by atoms with Crippen LogP contribution < -0.4 is 5.73 Å². The molecule has 0 saturated carbocycles. The summed E-state index contributed by atoms with van der Waals surface area (Å²) in [6, 6.07) is 13.2. The first kappa shape index (κ1) is 21.0. The van der Waals surface area contributed by atoms with Gasteiger partial charge in [0, 0.05) is 42.6 Å². The fraction of sp³-hybridized carbons (Fsp3) is 0.227. The molecule has 0 spiro atoms. The number of anilines is 1. The Balaban J connectivity index is 1.61. The molecule has 2 N–H and O–H groups in total. The molecule has 33 heavy (non-hydrogen) atoms. The van der Waals surface area contributed by atoms with Crippen LogP contribution in [-0.4, -0.2) is 56.8 Å². The minimum atomic E-state index is -3.33. The standard InChI is InChI=1S/C22H20N8O2S/c1-33(31,32)29-13-22(14-29,7-8-23)30-11-6-17(28-30)20-15-4-2-9-25-18(15)12-19(27-20)16-5-3-10-26-21(16)24/h2-6,9-12H,7,13-14H2,1H3,(H2,24,26). The van der Waals surface area contributed by atoms with Crippen LogP contribution in [0, 0.1) is 11.3 Å². The van der Waals surface area contributed by atoms with E-state index in [0.29, 0.717) is 28.5 Å². The Kier molecular flexibility index (Phi) is 4.84. The number of fused-ring (bicyclic) bond motifs is 1. The zero-order valence-corrected chi connectivity index (χ0v) is 18.6. The van der Waals surface area contributed by atoms with E-state index in [0.717, 1.165) is 17.2 Å². The van der Waals surface area contributed by atoms with Gasteiger partial charge in [0.1, 0.15) is 22.7 Å². The van der Waals surface area contributed by atoms with Gasteiger partial charge in [-0.1, -0.05) is 0 Å². The molecule has 1 aliphatic rings. The first-order valence-electron chi connectivity index (χ1n) is 10.2. The van der Waals surface area contributed by atoms with Crippen molar-refractivity contribution >= 4 is 26.7 Å². The van der Waals surface area contributed by atoms with Gasteiger partial charge in [-0.3, -0.25) is 9.67 Å². The van der Waals surface area contributed by atoms with Crippen LogP contribution in [0.1, 0.15) is 6.42 Å². The number of aromatic nitrogens is 5. The second-order valence-electron chi connectivity index (χ2n) is 8.10. The van der Waals surface area contributed by atoms with Crippen molar-refractivity contribution in [3.63, 3.8) is 0 Å². The Hall–Kier alpha value is -3.88. The minimum Gasteiger partial charge on any atom is -0.383 e. The van der Waals surface area contributed by atoms with E-state index >= 15 is 0 Å². The van der Waals surface area contributed by atoms with Crippen molar-refractivity contribution < 1.29 is 8.42 Å². The molecule has 166 valence electrons. The number of nitriles is 1. The molecule has 0 aliphatic carbocycles. The molecule has 5 rings (SSSR count). The number of hydrogen-bond donors (Lipinski definition) is 1.